The molecule has 0 saturated carbocycles. The molecule has 3 nitrogen and oxygen atoms in total. The van der Waals surface area contributed by atoms with Crippen LogP contribution in [0.3, 0.4) is 0 Å². The number of benzene rings is 2. The molecule has 0 aliphatic carbocycles. The van der Waals surface area contributed by atoms with Crippen molar-refractivity contribution in [3.63, 3.8) is 0 Å². The van der Waals surface area contributed by atoms with E-state index < -0.39 is 0 Å². The number of rotatable bonds is 5. The van der Waals surface area contributed by atoms with Gasteiger partial charge in [-0.2, -0.15) is 0 Å². The highest BCUT2D eigenvalue weighted by molar-refractivity contribution is 5.38. The molecule has 0 heterocycles. The minimum absolute atomic E-state index is 0.0746. The van der Waals surface area contributed by atoms with E-state index >= 15 is 0 Å². The van der Waals surface area contributed by atoms with E-state index in [1.54, 1.807) is 7.11 Å². The number of methoxy groups -OCH3 is 1. The van der Waals surface area contributed by atoms with Crippen molar-refractivity contribution in [2.45, 2.75) is 26.3 Å². The van der Waals surface area contributed by atoms with Gasteiger partial charge in [0.2, 0.25) is 0 Å². The van der Waals surface area contributed by atoms with Gasteiger partial charge in [-0.1, -0.05) is 47.5 Å². The summed E-state index contributed by atoms with van der Waals surface area (Å²) in [6.07, 6.45) is 0.796. The van der Waals surface area contributed by atoms with Crippen molar-refractivity contribution < 1.29 is 4.74 Å². The lowest BCUT2D eigenvalue weighted by molar-refractivity contribution is 0.405. The topological polar surface area (TPSA) is 47.3 Å². The lowest BCUT2D eigenvalue weighted by Crippen LogP contribution is -2.29. The number of aryl methyl sites for hydroxylation is 2. The van der Waals surface area contributed by atoms with E-state index in [1.165, 1.54) is 16.7 Å². The summed E-state index contributed by atoms with van der Waals surface area (Å²) >= 11 is 0. The fraction of sp³-hybridized carbons (Fsp3) is 0.294. The van der Waals surface area contributed by atoms with Crippen molar-refractivity contribution in [1.29, 1.82) is 0 Å². The molecule has 0 amide bonds. The lowest BCUT2D eigenvalue weighted by Gasteiger charge is -2.19. The summed E-state index contributed by atoms with van der Waals surface area (Å²) in [6.45, 7) is 4.17. The highest BCUT2D eigenvalue weighted by Crippen LogP contribution is 2.26. The minimum Gasteiger partial charge on any atom is -0.496 e. The Labute approximate surface area is 120 Å². The van der Waals surface area contributed by atoms with E-state index in [0.717, 1.165) is 17.7 Å². The minimum atomic E-state index is 0.0746. The van der Waals surface area contributed by atoms with Crippen molar-refractivity contribution in [3.8, 4) is 5.75 Å². The maximum Gasteiger partial charge on any atom is 0.122 e. The van der Waals surface area contributed by atoms with Crippen LogP contribution in [0.25, 0.3) is 0 Å². The summed E-state index contributed by atoms with van der Waals surface area (Å²) in [5.74, 6) is 6.65. The Morgan fingerprint density at radius 1 is 1.10 bits per heavy atom. The van der Waals surface area contributed by atoms with Crippen LogP contribution in [0.1, 0.15) is 28.3 Å². The zero-order valence-corrected chi connectivity index (χ0v) is 12.3. The number of hydrazine groups is 1. The van der Waals surface area contributed by atoms with E-state index in [1.807, 2.05) is 6.07 Å². The van der Waals surface area contributed by atoms with Gasteiger partial charge in [0.15, 0.2) is 0 Å². The quantitative estimate of drug-likeness (QED) is 0.648. The Bertz CT molecular complexity index is 581. The average molecular weight is 270 g/mol. The first-order valence-corrected chi connectivity index (χ1v) is 6.80. The Morgan fingerprint density at radius 2 is 1.85 bits per heavy atom. The highest BCUT2D eigenvalue weighted by Gasteiger charge is 2.13. The summed E-state index contributed by atoms with van der Waals surface area (Å²) < 4.78 is 5.44. The molecule has 0 aliphatic rings. The first kappa shape index (κ1) is 14.6. The van der Waals surface area contributed by atoms with Gasteiger partial charge in [-0.25, -0.2) is 0 Å². The van der Waals surface area contributed by atoms with Crippen LogP contribution in [-0.2, 0) is 6.42 Å². The van der Waals surface area contributed by atoms with Gasteiger partial charge in [0.25, 0.3) is 0 Å². The zero-order valence-electron chi connectivity index (χ0n) is 12.3. The molecule has 2 rings (SSSR count). The fourth-order valence-electron chi connectivity index (χ4n) is 2.45. The fourth-order valence-corrected chi connectivity index (χ4v) is 2.45. The van der Waals surface area contributed by atoms with Gasteiger partial charge in [-0.05, 0) is 37.5 Å². The van der Waals surface area contributed by atoms with Crippen LogP contribution in [-0.4, -0.2) is 7.11 Å². The molecule has 1 atom stereocenters. The van der Waals surface area contributed by atoms with Crippen LogP contribution in [0.2, 0.25) is 0 Å². The predicted molar refractivity (Wildman–Crippen MR) is 82.7 cm³/mol. The maximum atomic E-state index is 5.74. The molecule has 106 valence electrons. The number of hydrogen-bond donors (Lipinski definition) is 2. The van der Waals surface area contributed by atoms with Gasteiger partial charge in [0, 0.05) is 0 Å². The summed E-state index contributed by atoms with van der Waals surface area (Å²) in [5.41, 5.74) is 7.72. The molecule has 3 N–H and O–H groups in total. The molecule has 20 heavy (non-hydrogen) atoms. The summed E-state index contributed by atoms with van der Waals surface area (Å²) in [6, 6.07) is 14.7. The summed E-state index contributed by atoms with van der Waals surface area (Å²) in [7, 11) is 1.70. The molecule has 0 fully saturated rings. The van der Waals surface area contributed by atoms with Crippen molar-refractivity contribution in [1.82, 2.24) is 5.43 Å². The third kappa shape index (κ3) is 3.38. The van der Waals surface area contributed by atoms with Crippen LogP contribution in [0, 0.1) is 13.8 Å². The van der Waals surface area contributed by atoms with Gasteiger partial charge in [0.05, 0.1) is 13.2 Å². The molecular weight excluding hydrogens is 248 g/mol. The van der Waals surface area contributed by atoms with E-state index in [4.69, 9.17) is 10.6 Å². The van der Waals surface area contributed by atoms with Gasteiger partial charge < -0.3 is 4.74 Å². The Balaban J connectivity index is 2.28. The maximum absolute atomic E-state index is 5.74. The molecular formula is C17H22N2O. The number of nitrogens with two attached hydrogens (primary N) is 1. The monoisotopic (exact) mass is 270 g/mol. The molecule has 0 radical (unpaired) electrons. The largest absolute Gasteiger partial charge is 0.496 e. The van der Waals surface area contributed by atoms with Crippen molar-refractivity contribution in [2.24, 2.45) is 5.84 Å². The first-order chi connectivity index (χ1) is 9.63. The second-order valence-corrected chi connectivity index (χ2v) is 5.15. The van der Waals surface area contributed by atoms with Crippen LogP contribution < -0.4 is 16.0 Å². The lowest BCUT2D eigenvalue weighted by atomic mass is 9.96. The molecule has 2 aromatic rings. The highest BCUT2D eigenvalue weighted by atomic mass is 16.5. The van der Waals surface area contributed by atoms with E-state index in [-0.39, 0.29) is 6.04 Å². The zero-order chi connectivity index (χ0) is 14.5. The molecule has 0 bridgehead atoms. The molecule has 2 aromatic carbocycles. The second kappa shape index (κ2) is 6.55. The Morgan fingerprint density at radius 3 is 2.50 bits per heavy atom. The van der Waals surface area contributed by atoms with Crippen LogP contribution >= 0.6 is 0 Å². The summed E-state index contributed by atoms with van der Waals surface area (Å²) in [5, 5.41) is 0. The number of ether oxygens (including phenoxy) is 1. The number of hydrogen-bond acceptors (Lipinski definition) is 3. The first-order valence-electron chi connectivity index (χ1n) is 6.80. The third-order valence-electron chi connectivity index (χ3n) is 3.51. The third-order valence-corrected chi connectivity index (χ3v) is 3.51. The van der Waals surface area contributed by atoms with Crippen molar-refractivity contribution >= 4 is 0 Å². The molecule has 0 saturated heterocycles. The van der Waals surface area contributed by atoms with Crippen LogP contribution in [0.15, 0.2) is 42.5 Å². The van der Waals surface area contributed by atoms with Gasteiger partial charge in [0.1, 0.15) is 5.75 Å². The molecule has 1 unspecified atom stereocenters. The second-order valence-electron chi connectivity index (χ2n) is 5.15. The predicted octanol–water partition coefficient (Wildman–Crippen LogP) is 3.06. The number of nitrogens with one attached hydrogen (secondary N) is 1. The average Bonchev–Trinajstić information content (AvgIpc) is 2.45. The van der Waals surface area contributed by atoms with E-state index in [2.05, 4.69) is 55.7 Å². The smallest absolute Gasteiger partial charge is 0.122 e. The van der Waals surface area contributed by atoms with Crippen LogP contribution in [0.4, 0.5) is 0 Å². The van der Waals surface area contributed by atoms with Gasteiger partial charge >= 0.3 is 0 Å². The molecule has 3 heteroatoms. The Hall–Kier alpha value is -1.84. The molecule has 0 spiro atoms. The normalized spacial score (nSPS) is 12.2. The van der Waals surface area contributed by atoms with E-state index in [9.17, 15) is 0 Å². The van der Waals surface area contributed by atoms with Crippen LogP contribution in [0.5, 0.6) is 5.75 Å². The molecule has 0 aliphatic heterocycles. The SMILES string of the molecule is COc1ccc(C)cc1CC(NN)c1cccc(C)c1. The van der Waals surface area contributed by atoms with Crippen molar-refractivity contribution in [2.75, 3.05) is 7.11 Å². The van der Waals surface area contributed by atoms with E-state index in [0.29, 0.717) is 0 Å². The standard InChI is InChI=1S/C17H22N2O/c1-12-5-4-6-14(9-12)16(19-18)11-15-10-13(2)7-8-17(15)20-3/h4-10,16,19H,11,18H2,1-3H3. The van der Waals surface area contributed by atoms with Gasteiger partial charge in [-0.3, -0.25) is 11.3 Å². The van der Waals surface area contributed by atoms with Gasteiger partial charge in [-0.15, -0.1) is 0 Å². The Kier molecular flexibility index (Phi) is 4.77. The summed E-state index contributed by atoms with van der Waals surface area (Å²) in [4.78, 5) is 0. The van der Waals surface area contributed by atoms with Crippen molar-refractivity contribution in [3.05, 3.63) is 64.7 Å². The molecule has 0 aromatic heterocycles.